The smallest absolute Gasteiger partial charge is 0.255 e. The Hall–Kier alpha value is -3.80. The highest BCUT2D eigenvalue weighted by Gasteiger charge is 2.07. The van der Waals surface area contributed by atoms with Gasteiger partial charge in [-0.15, -0.1) is 0 Å². The number of aryl methyl sites for hydroxylation is 1. The third kappa shape index (κ3) is 5.84. The maximum Gasteiger partial charge on any atom is 0.255 e. The van der Waals surface area contributed by atoms with E-state index in [0.29, 0.717) is 11.3 Å². The normalized spacial score (nSPS) is 10.1. The van der Waals surface area contributed by atoms with Crippen LogP contribution in [0.5, 0.6) is 5.75 Å². The number of anilines is 3. The molecule has 0 heterocycles. The highest BCUT2D eigenvalue weighted by atomic mass is 16.5. The van der Waals surface area contributed by atoms with Crippen LogP contribution in [0.2, 0.25) is 0 Å². The van der Waals surface area contributed by atoms with E-state index in [1.54, 1.807) is 55.6 Å². The van der Waals surface area contributed by atoms with E-state index < -0.39 is 0 Å². The van der Waals surface area contributed by atoms with E-state index in [1.807, 2.05) is 31.2 Å². The number of nitrogens with one attached hydrogen (secondary N) is 3. The second kappa shape index (κ2) is 9.41. The monoisotopic (exact) mass is 389 g/mol. The van der Waals surface area contributed by atoms with Crippen LogP contribution in [0.4, 0.5) is 17.1 Å². The topological polar surface area (TPSA) is 79.5 Å². The minimum absolute atomic E-state index is 0.130. The van der Waals surface area contributed by atoms with Gasteiger partial charge in [-0.3, -0.25) is 9.59 Å². The molecule has 6 heteroatoms. The van der Waals surface area contributed by atoms with E-state index in [9.17, 15) is 9.59 Å². The molecule has 3 aromatic carbocycles. The van der Waals surface area contributed by atoms with Gasteiger partial charge >= 0.3 is 0 Å². The highest BCUT2D eigenvalue weighted by molar-refractivity contribution is 6.04. The van der Waals surface area contributed by atoms with Crippen LogP contribution < -0.4 is 20.7 Å². The number of benzene rings is 3. The second-order valence-electron chi connectivity index (χ2n) is 6.53. The summed E-state index contributed by atoms with van der Waals surface area (Å²) in [6.45, 7) is 2.10. The summed E-state index contributed by atoms with van der Waals surface area (Å²) in [6, 6.07) is 21.7. The van der Waals surface area contributed by atoms with Crippen molar-refractivity contribution in [3.63, 3.8) is 0 Å². The van der Waals surface area contributed by atoms with Crippen molar-refractivity contribution in [2.24, 2.45) is 0 Å². The van der Waals surface area contributed by atoms with Gasteiger partial charge in [0, 0.05) is 22.6 Å². The van der Waals surface area contributed by atoms with Crippen LogP contribution in [0.3, 0.4) is 0 Å². The predicted molar refractivity (Wildman–Crippen MR) is 116 cm³/mol. The van der Waals surface area contributed by atoms with Gasteiger partial charge in [0.2, 0.25) is 5.91 Å². The molecular formula is C23H23N3O3. The lowest BCUT2D eigenvalue weighted by atomic mass is 10.2. The van der Waals surface area contributed by atoms with E-state index in [1.165, 1.54) is 0 Å². The summed E-state index contributed by atoms with van der Waals surface area (Å²) >= 11 is 0. The Morgan fingerprint density at radius 3 is 2.17 bits per heavy atom. The van der Waals surface area contributed by atoms with Crippen LogP contribution in [0.1, 0.15) is 15.9 Å². The fraction of sp³-hybridized carbons (Fsp3) is 0.130. The maximum atomic E-state index is 12.3. The van der Waals surface area contributed by atoms with Crippen LogP contribution in [0.15, 0.2) is 72.8 Å². The van der Waals surface area contributed by atoms with Gasteiger partial charge in [0.25, 0.3) is 5.91 Å². The molecule has 0 spiro atoms. The molecule has 6 nitrogen and oxygen atoms in total. The zero-order valence-electron chi connectivity index (χ0n) is 16.4. The van der Waals surface area contributed by atoms with Crippen LogP contribution in [-0.2, 0) is 4.79 Å². The molecular weight excluding hydrogens is 366 g/mol. The number of methoxy groups -OCH3 is 1. The number of hydrogen-bond donors (Lipinski definition) is 3. The summed E-state index contributed by atoms with van der Waals surface area (Å²) < 4.78 is 5.10. The van der Waals surface area contributed by atoms with E-state index in [-0.39, 0.29) is 18.4 Å². The van der Waals surface area contributed by atoms with Crippen molar-refractivity contribution >= 4 is 28.9 Å². The molecule has 2 amide bonds. The van der Waals surface area contributed by atoms with Gasteiger partial charge < -0.3 is 20.7 Å². The summed E-state index contributed by atoms with van der Waals surface area (Å²) in [5.74, 6) is 0.376. The zero-order valence-corrected chi connectivity index (χ0v) is 16.4. The van der Waals surface area contributed by atoms with Crippen LogP contribution in [0, 0.1) is 6.92 Å². The first-order valence-electron chi connectivity index (χ1n) is 9.19. The molecule has 0 bridgehead atoms. The van der Waals surface area contributed by atoms with E-state index in [0.717, 1.165) is 22.7 Å². The van der Waals surface area contributed by atoms with Gasteiger partial charge in [0.15, 0.2) is 0 Å². The van der Waals surface area contributed by atoms with Crippen molar-refractivity contribution in [2.45, 2.75) is 6.92 Å². The Balaban J connectivity index is 1.51. The standard InChI is InChI=1S/C23H23N3O3/c1-16-4-3-5-20(14-16)25-22(27)15-24-18-8-6-17(7-9-18)23(28)26-19-10-12-21(29-2)13-11-19/h3-14,24H,15H2,1-2H3,(H,25,27)(H,26,28). The van der Waals surface area contributed by atoms with Crippen molar-refractivity contribution in [3.05, 3.63) is 83.9 Å². The minimum Gasteiger partial charge on any atom is -0.497 e. The molecule has 0 aromatic heterocycles. The fourth-order valence-electron chi connectivity index (χ4n) is 2.73. The van der Waals surface area contributed by atoms with Crippen LogP contribution in [0.25, 0.3) is 0 Å². The van der Waals surface area contributed by atoms with Gasteiger partial charge in [-0.2, -0.15) is 0 Å². The minimum atomic E-state index is -0.209. The van der Waals surface area contributed by atoms with Gasteiger partial charge in [-0.05, 0) is 73.2 Å². The molecule has 3 rings (SSSR count). The highest BCUT2D eigenvalue weighted by Crippen LogP contribution is 2.17. The molecule has 29 heavy (non-hydrogen) atoms. The number of hydrogen-bond acceptors (Lipinski definition) is 4. The molecule has 3 N–H and O–H groups in total. The molecule has 3 aromatic rings. The quantitative estimate of drug-likeness (QED) is 0.563. The van der Waals surface area contributed by atoms with E-state index in [4.69, 9.17) is 4.74 Å². The third-order valence-electron chi connectivity index (χ3n) is 4.25. The molecule has 0 fully saturated rings. The maximum absolute atomic E-state index is 12.3. The van der Waals surface area contributed by atoms with Gasteiger partial charge in [0.05, 0.1) is 13.7 Å². The second-order valence-corrected chi connectivity index (χ2v) is 6.53. The van der Waals surface area contributed by atoms with Crippen LogP contribution >= 0.6 is 0 Å². The number of rotatable bonds is 7. The molecule has 0 radical (unpaired) electrons. The first-order valence-corrected chi connectivity index (χ1v) is 9.19. The number of amides is 2. The van der Waals surface area contributed by atoms with Crippen LogP contribution in [-0.4, -0.2) is 25.5 Å². The third-order valence-corrected chi connectivity index (χ3v) is 4.25. The summed E-state index contributed by atoms with van der Waals surface area (Å²) in [4.78, 5) is 24.4. The molecule has 0 aliphatic carbocycles. The molecule has 0 saturated heterocycles. The van der Waals surface area contributed by atoms with Gasteiger partial charge in [0.1, 0.15) is 5.75 Å². The van der Waals surface area contributed by atoms with Crippen molar-refractivity contribution < 1.29 is 14.3 Å². The Bertz CT molecular complexity index is 983. The Labute approximate surface area is 169 Å². The van der Waals surface area contributed by atoms with Crippen molar-refractivity contribution in [3.8, 4) is 5.75 Å². The first-order chi connectivity index (χ1) is 14.0. The lowest BCUT2D eigenvalue weighted by Crippen LogP contribution is -2.21. The molecule has 0 atom stereocenters. The zero-order chi connectivity index (χ0) is 20.6. The van der Waals surface area contributed by atoms with Crippen molar-refractivity contribution in [2.75, 3.05) is 29.6 Å². The molecule has 0 unspecified atom stereocenters. The molecule has 0 aliphatic rings. The average molecular weight is 389 g/mol. The summed E-state index contributed by atoms with van der Waals surface area (Å²) in [7, 11) is 1.59. The van der Waals surface area contributed by atoms with E-state index >= 15 is 0 Å². The number of ether oxygens (including phenoxy) is 1. The van der Waals surface area contributed by atoms with Crippen molar-refractivity contribution in [1.82, 2.24) is 0 Å². The Kier molecular flexibility index (Phi) is 6.47. The summed E-state index contributed by atoms with van der Waals surface area (Å²) in [6.07, 6.45) is 0. The Morgan fingerprint density at radius 1 is 0.828 bits per heavy atom. The number of carbonyl (C=O) groups excluding carboxylic acids is 2. The predicted octanol–water partition coefficient (Wildman–Crippen LogP) is 4.31. The Morgan fingerprint density at radius 2 is 1.52 bits per heavy atom. The SMILES string of the molecule is COc1ccc(NC(=O)c2ccc(NCC(=O)Nc3cccc(C)c3)cc2)cc1. The summed E-state index contributed by atoms with van der Waals surface area (Å²) in [5.41, 5.74) is 3.81. The number of carbonyl (C=O) groups is 2. The molecule has 0 aliphatic heterocycles. The van der Waals surface area contributed by atoms with E-state index in [2.05, 4.69) is 16.0 Å². The lowest BCUT2D eigenvalue weighted by Gasteiger charge is -2.10. The van der Waals surface area contributed by atoms with Crippen molar-refractivity contribution in [1.29, 1.82) is 0 Å². The van der Waals surface area contributed by atoms with Gasteiger partial charge in [-0.1, -0.05) is 12.1 Å². The fourth-order valence-corrected chi connectivity index (χ4v) is 2.73. The molecule has 148 valence electrons. The lowest BCUT2D eigenvalue weighted by molar-refractivity contribution is -0.114. The van der Waals surface area contributed by atoms with Gasteiger partial charge in [-0.25, -0.2) is 0 Å². The average Bonchev–Trinajstić information content (AvgIpc) is 2.73. The largest absolute Gasteiger partial charge is 0.497 e. The first kappa shape index (κ1) is 19.9. The summed E-state index contributed by atoms with van der Waals surface area (Å²) in [5, 5.41) is 8.73. The molecule has 0 saturated carbocycles.